The molecule has 2 fully saturated rings. The van der Waals surface area contributed by atoms with Crippen LogP contribution in [0, 0.1) is 5.82 Å². The van der Waals surface area contributed by atoms with Crippen LogP contribution >= 0.6 is 11.8 Å². The summed E-state index contributed by atoms with van der Waals surface area (Å²) in [5, 5.41) is 1.48. The number of anilines is 1. The average Bonchev–Trinajstić information content (AvgIpc) is 3.07. The first-order valence-electron chi connectivity index (χ1n) is 7.65. The normalized spacial score (nSPS) is 24.6. The third-order valence-corrected chi connectivity index (χ3v) is 5.43. The molecule has 0 aliphatic carbocycles. The highest BCUT2D eigenvalue weighted by Gasteiger charge is 2.33. The molecular weight excluding hydrogens is 317 g/mol. The van der Waals surface area contributed by atoms with Crippen molar-refractivity contribution in [2.24, 2.45) is 0 Å². The molecule has 2 heterocycles. The number of carbonyl (C=O) groups excluding carboxylic acids is 2. The van der Waals surface area contributed by atoms with Gasteiger partial charge in [0.15, 0.2) is 0 Å². The van der Waals surface area contributed by atoms with Gasteiger partial charge in [-0.25, -0.2) is 4.39 Å². The molecular formula is C16H20FN3O2S. The van der Waals surface area contributed by atoms with Gasteiger partial charge >= 0.3 is 0 Å². The van der Waals surface area contributed by atoms with E-state index in [1.807, 2.05) is 0 Å². The van der Waals surface area contributed by atoms with Crippen LogP contribution in [0.25, 0.3) is 0 Å². The van der Waals surface area contributed by atoms with Crippen molar-refractivity contribution in [2.45, 2.75) is 24.1 Å². The molecule has 2 amide bonds. The Balaban J connectivity index is 1.81. The molecule has 0 aromatic heterocycles. The fourth-order valence-corrected chi connectivity index (χ4v) is 3.98. The third kappa shape index (κ3) is 3.50. The lowest BCUT2D eigenvalue weighted by Crippen LogP contribution is -2.32. The summed E-state index contributed by atoms with van der Waals surface area (Å²) >= 11 is 0.982. The number of imide groups is 1. The van der Waals surface area contributed by atoms with Crippen molar-refractivity contribution >= 4 is 28.6 Å². The van der Waals surface area contributed by atoms with Crippen LogP contribution in [0.15, 0.2) is 18.2 Å². The number of hydrogen-bond acceptors (Lipinski definition) is 5. The van der Waals surface area contributed by atoms with Gasteiger partial charge in [-0.2, -0.15) is 0 Å². The van der Waals surface area contributed by atoms with Crippen molar-refractivity contribution in [3.05, 3.63) is 29.6 Å². The maximum absolute atomic E-state index is 13.7. The molecule has 1 aromatic carbocycles. The van der Waals surface area contributed by atoms with Crippen LogP contribution in [0.2, 0.25) is 0 Å². The minimum atomic E-state index is -0.477. The molecule has 2 atom stereocenters. The SMILES string of the molecule is CN(C)[C@H]1CCN(c2ccc(F)cc2CC2SC(=O)NC2=O)C1. The van der Waals surface area contributed by atoms with E-state index in [4.69, 9.17) is 0 Å². The maximum atomic E-state index is 13.7. The molecule has 2 aliphatic heterocycles. The highest BCUT2D eigenvalue weighted by molar-refractivity contribution is 8.15. The van der Waals surface area contributed by atoms with Crippen molar-refractivity contribution in [2.75, 3.05) is 32.1 Å². The number of halogens is 1. The quantitative estimate of drug-likeness (QED) is 0.909. The van der Waals surface area contributed by atoms with E-state index in [9.17, 15) is 14.0 Å². The molecule has 2 saturated heterocycles. The predicted octanol–water partition coefficient (Wildman–Crippen LogP) is 1.86. The van der Waals surface area contributed by atoms with Crippen LogP contribution in [-0.2, 0) is 11.2 Å². The van der Waals surface area contributed by atoms with Gasteiger partial charge in [0.05, 0.1) is 5.25 Å². The van der Waals surface area contributed by atoms with E-state index in [0.717, 1.165) is 42.5 Å². The smallest absolute Gasteiger partial charge is 0.286 e. The van der Waals surface area contributed by atoms with Crippen LogP contribution in [0.1, 0.15) is 12.0 Å². The van der Waals surface area contributed by atoms with Gasteiger partial charge < -0.3 is 9.80 Å². The summed E-state index contributed by atoms with van der Waals surface area (Å²) in [6, 6.07) is 5.19. The highest BCUT2D eigenvalue weighted by Crippen LogP contribution is 2.31. The Labute approximate surface area is 139 Å². The van der Waals surface area contributed by atoms with Gasteiger partial charge in [-0.15, -0.1) is 0 Å². The Morgan fingerprint density at radius 1 is 1.39 bits per heavy atom. The molecule has 23 heavy (non-hydrogen) atoms. The standard InChI is InChI=1S/C16H20FN3O2S/c1-19(2)12-5-6-20(9-12)13-4-3-11(17)7-10(13)8-14-15(21)18-16(22)23-14/h3-4,7,12,14H,5-6,8-9H2,1-2H3,(H,18,21,22)/t12-,14?/m0/s1. The molecule has 0 bridgehead atoms. The first-order chi connectivity index (χ1) is 10.9. The number of nitrogens with one attached hydrogen (secondary N) is 1. The molecule has 7 heteroatoms. The van der Waals surface area contributed by atoms with E-state index in [1.54, 1.807) is 6.07 Å². The largest absolute Gasteiger partial charge is 0.370 e. The molecule has 5 nitrogen and oxygen atoms in total. The van der Waals surface area contributed by atoms with Gasteiger partial charge in [0.1, 0.15) is 5.82 Å². The Hall–Kier alpha value is -1.60. The summed E-state index contributed by atoms with van der Waals surface area (Å²) in [6.07, 6.45) is 1.42. The zero-order chi connectivity index (χ0) is 16.6. The van der Waals surface area contributed by atoms with Crippen molar-refractivity contribution in [3.8, 4) is 0 Å². The fraction of sp³-hybridized carbons (Fsp3) is 0.500. The lowest BCUT2D eigenvalue weighted by atomic mass is 10.1. The number of hydrogen-bond donors (Lipinski definition) is 1. The Bertz CT molecular complexity index is 638. The minimum absolute atomic E-state index is 0.289. The fourth-order valence-electron chi connectivity index (χ4n) is 3.14. The summed E-state index contributed by atoms with van der Waals surface area (Å²) in [7, 11) is 4.12. The van der Waals surface area contributed by atoms with Gasteiger partial charge in [-0.05, 0) is 50.7 Å². The number of carbonyl (C=O) groups is 2. The van der Waals surface area contributed by atoms with Crippen LogP contribution in [0.5, 0.6) is 0 Å². The van der Waals surface area contributed by atoms with Crippen molar-refractivity contribution in [1.29, 1.82) is 0 Å². The number of benzene rings is 1. The monoisotopic (exact) mass is 337 g/mol. The summed E-state index contributed by atoms with van der Waals surface area (Å²) in [5.74, 6) is -0.607. The molecule has 0 radical (unpaired) electrons. The molecule has 3 rings (SSSR count). The lowest BCUT2D eigenvalue weighted by molar-refractivity contribution is -0.118. The second kappa shape index (κ2) is 6.49. The summed E-state index contributed by atoms with van der Waals surface area (Å²) in [6.45, 7) is 1.79. The van der Waals surface area contributed by atoms with E-state index in [-0.39, 0.29) is 17.0 Å². The van der Waals surface area contributed by atoms with Crippen LogP contribution in [0.4, 0.5) is 14.9 Å². The number of nitrogens with zero attached hydrogens (tertiary/aromatic N) is 2. The summed E-state index contributed by atoms with van der Waals surface area (Å²) in [5.41, 5.74) is 1.75. The number of amides is 2. The zero-order valence-corrected chi connectivity index (χ0v) is 14.0. The maximum Gasteiger partial charge on any atom is 0.286 e. The van der Waals surface area contributed by atoms with Gasteiger partial charge in [0, 0.05) is 24.8 Å². The summed E-state index contributed by atoms with van der Waals surface area (Å²) in [4.78, 5) is 27.5. The molecule has 0 spiro atoms. The van der Waals surface area contributed by atoms with E-state index < -0.39 is 5.25 Å². The number of rotatable bonds is 4. The second-order valence-electron chi connectivity index (χ2n) is 6.21. The predicted molar refractivity (Wildman–Crippen MR) is 89.3 cm³/mol. The molecule has 1 aromatic rings. The molecule has 124 valence electrons. The van der Waals surface area contributed by atoms with Crippen LogP contribution < -0.4 is 10.2 Å². The van der Waals surface area contributed by atoms with Gasteiger partial charge in [-0.3, -0.25) is 14.9 Å². The zero-order valence-electron chi connectivity index (χ0n) is 13.2. The topological polar surface area (TPSA) is 52.6 Å². The number of likely N-dealkylation sites (N-methyl/N-ethyl adjacent to an activating group) is 1. The van der Waals surface area contributed by atoms with Crippen LogP contribution in [-0.4, -0.2) is 54.5 Å². The Morgan fingerprint density at radius 3 is 2.78 bits per heavy atom. The third-order valence-electron chi connectivity index (χ3n) is 4.45. The molecule has 0 saturated carbocycles. The first-order valence-corrected chi connectivity index (χ1v) is 8.53. The van der Waals surface area contributed by atoms with Crippen molar-refractivity contribution in [1.82, 2.24) is 10.2 Å². The number of thioether (sulfide) groups is 1. The van der Waals surface area contributed by atoms with Gasteiger partial charge in [-0.1, -0.05) is 11.8 Å². The van der Waals surface area contributed by atoms with E-state index in [2.05, 4.69) is 29.2 Å². The first kappa shape index (κ1) is 16.3. The van der Waals surface area contributed by atoms with Crippen molar-refractivity contribution < 1.29 is 14.0 Å². The van der Waals surface area contributed by atoms with Crippen LogP contribution in [0.3, 0.4) is 0 Å². The molecule has 2 aliphatic rings. The highest BCUT2D eigenvalue weighted by atomic mass is 32.2. The van der Waals surface area contributed by atoms with Gasteiger partial charge in [0.2, 0.25) is 5.91 Å². The van der Waals surface area contributed by atoms with Crippen molar-refractivity contribution in [3.63, 3.8) is 0 Å². The minimum Gasteiger partial charge on any atom is -0.370 e. The van der Waals surface area contributed by atoms with E-state index >= 15 is 0 Å². The second-order valence-corrected chi connectivity index (χ2v) is 7.39. The molecule has 1 unspecified atom stereocenters. The van der Waals surface area contributed by atoms with E-state index in [1.165, 1.54) is 12.1 Å². The molecule has 1 N–H and O–H groups in total. The average molecular weight is 337 g/mol. The lowest BCUT2D eigenvalue weighted by Gasteiger charge is -2.24. The van der Waals surface area contributed by atoms with E-state index in [0.29, 0.717) is 12.5 Å². The Kier molecular flexibility index (Phi) is 4.59. The summed E-state index contributed by atoms with van der Waals surface area (Å²) < 4.78 is 13.7. The van der Waals surface area contributed by atoms with Gasteiger partial charge in [0.25, 0.3) is 5.24 Å². The Morgan fingerprint density at radius 2 is 2.17 bits per heavy atom.